The fourth-order valence-corrected chi connectivity index (χ4v) is 5.13. The molecule has 0 unspecified atom stereocenters. The van der Waals surface area contributed by atoms with Crippen LogP contribution in [0.4, 0.5) is 5.82 Å². The van der Waals surface area contributed by atoms with E-state index in [4.69, 9.17) is 10.5 Å². The second-order valence-corrected chi connectivity index (χ2v) is 9.33. The highest BCUT2D eigenvalue weighted by Crippen LogP contribution is 2.33. The van der Waals surface area contributed by atoms with Crippen molar-refractivity contribution < 1.29 is 9.53 Å². The molecular formula is C27H29N7O4. The molecule has 0 amide bonds. The summed E-state index contributed by atoms with van der Waals surface area (Å²) in [7, 11) is 2.81. The van der Waals surface area contributed by atoms with Gasteiger partial charge in [-0.05, 0) is 25.8 Å². The second kappa shape index (κ2) is 10.1. The molecule has 1 aliphatic rings. The summed E-state index contributed by atoms with van der Waals surface area (Å²) < 4.78 is 9.24. The third-order valence-corrected chi connectivity index (χ3v) is 6.91. The molecule has 1 atom stereocenters. The molecule has 11 heteroatoms. The van der Waals surface area contributed by atoms with Crippen LogP contribution in [-0.4, -0.2) is 55.9 Å². The number of benzene rings is 1. The number of para-hydroxylation sites is 1. The molecule has 1 aromatic carbocycles. The van der Waals surface area contributed by atoms with Crippen molar-refractivity contribution in [2.75, 3.05) is 25.1 Å². The van der Waals surface area contributed by atoms with Crippen LogP contribution >= 0.6 is 0 Å². The summed E-state index contributed by atoms with van der Waals surface area (Å²) in [6.07, 6.45) is 3.35. The van der Waals surface area contributed by atoms with Crippen molar-refractivity contribution in [2.45, 2.75) is 38.9 Å². The van der Waals surface area contributed by atoms with Gasteiger partial charge in [0.2, 0.25) is 0 Å². The predicted octanol–water partition coefficient (Wildman–Crippen LogP) is 1.23. The van der Waals surface area contributed by atoms with Crippen molar-refractivity contribution in [3.05, 3.63) is 62.7 Å². The van der Waals surface area contributed by atoms with Crippen LogP contribution in [0.2, 0.25) is 0 Å². The second-order valence-electron chi connectivity index (χ2n) is 9.33. The lowest BCUT2D eigenvalue weighted by molar-refractivity contribution is 0.0603. The average Bonchev–Trinajstić information content (AvgIpc) is 3.27. The molecule has 0 aliphatic carbocycles. The Kier molecular flexibility index (Phi) is 6.73. The first-order valence-electron chi connectivity index (χ1n) is 12.4. The van der Waals surface area contributed by atoms with Crippen molar-refractivity contribution in [3.8, 4) is 11.8 Å². The lowest BCUT2D eigenvalue weighted by atomic mass is 10.1. The number of methoxy groups -OCH3 is 1. The van der Waals surface area contributed by atoms with E-state index < -0.39 is 17.2 Å². The first kappa shape index (κ1) is 25.2. The first-order valence-corrected chi connectivity index (χ1v) is 12.4. The summed E-state index contributed by atoms with van der Waals surface area (Å²) in [5, 5.41) is 0.853. The molecule has 1 fully saturated rings. The van der Waals surface area contributed by atoms with E-state index in [0.29, 0.717) is 30.2 Å². The molecule has 2 N–H and O–H groups in total. The quantitative estimate of drug-likeness (QED) is 0.310. The van der Waals surface area contributed by atoms with E-state index >= 15 is 0 Å². The van der Waals surface area contributed by atoms with E-state index in [1.54, 1.807) is 17.7 Å². The SMILES string of the molecule is CC#CCn1c(N2CCC[C@@H](N)C2)c(C(=O)OC)c2c1c(=O)n(Cc1ncc3ccccc3n1)c(=O)n2C. The van der Waals surface area contributed by atoms with Crippen LogP contribution in [0.5, 0.6) is 0 Å². The van der Waals surface area contributed by atoms with Crippen LogP contribution in [0, 0.1) is 11.8 Å². The number of fused-ring (bicyclic) bond motifs is 2. The number of ether oxygens (including phenoxy) is 1. The van der Waals surface area contributed by atoms with Crippen LogP contribution < -0.4 is 21.9 Å². The molecule has 4 aromatic rings. The van der Waals surface area contributed by atoms with E-state index in [-0.39, 0.29) is 35.7 Å². The van der Waals surface area contributed by atoms with Gasteiger partial charge in [-0.3, -0.25) is 13.9 Å². The fourth-order valence-electron chi connectivity index (χ4n) is 5.13. The van der Waals surface area contributed by atoms with Gasteiger partial charge in [-0.15, -0.1) is 5.92 Å². The summed E-state index contributed by atoms with van der Waals surface area (Å²) in [6.45, 7) is 2.85. The molecule has 11 nitrogen and oxygen atoms in total. The van der Waals surface area contributed by atoms with E-state index in [2.05, 4.69) is 21.8 Å². The zero-order valence-corrected chi connectivity index (χ0v) is 21.6. The van der Waals surface area contributed by atoms with Gasteiger partial charge in [0.25, 0.3) is 5.56 Å². The number of aromatic nitrogens is 5. The maximum absolute atomic E-state index is 14.0. The number of hydrogen-bond donors (Lipinski definition) is 1. The number of nitrogens with two attached hydrogens (primary N) is 1. The van der Waals surface area contributed by atoms with Gasteiger partial charge < -0.3 is 19.9 Å². The van der Waals surface area contributed by atoms with Crippen LogP contribution in [0.3, 0.4) is 0 Å². The van der Waals surface area contributed by atoms with Gasteiger partial charge >= 0.3 is 11.7 Å². The first-order chi connectivity index (χ1) is 18.3. The van der Waals surface area contributed by atoms with E-state index in [9.17, 15) is 14.4 Å². The Hall–Kier alpha value is -4.43. The minimum absolute atomic E-state index is 0.0940. The molecule has 0 saturated carbocycles. The number of hydrogen-bond acceptors (Lipinski definition) is 8. The van der Waals surface area contributed by atoms with Gasteiger partial charge in [0.05, 0.1) is 31.2 Å². The number of nitrogens with zero attached hydrogens (tertiary/aromatic N) is 6. The maximum Gasteiger partial charge on any atom is 0.343 e. The molecule has 196 valence electrons. The van der Waals surface area contributed by atoms with Crippen LogP contribution in [0.25, 0.3) is 21.9 Å². The van der Waals surface area contributed by atoms with Crippen LogP contribution in [0.1, 0.15) is 35.9 Å². The van der Waals surface area contributed by atoms with E-state index in [0.717, 1.165) is 22.8 Å². The number of piperidine rings is 1. The Morgan fingerprint density at radius 3 is 2.74 bits per heavy atom. The highest BCUT2D eigenvalue weighted by Gasteiger charge is 2.33. The Labute approximate surface area is 218 Å². The minimum atomic E-state index is -0.641. The van der Waals surface area contributed by atoms with Crippen LogP contribution in [-0.2, 0) is 24.9 Å². The molecule has 3 aromatic heterocycles. The smallest absolute Gasteiger partial charge is 0.343 e. The number of aryl methyl sites for hydroxylation is 1. The number of esters is 1. The average molecular weight is 516 g/mol. The molecule has 1 aliphatic heterocycles. The topological polar surface area (TPSA) is 130 Å². The molecule has 1 saturated heterocycles. The molecule has 0 radical (unpaired) electrons. The summed E-state index contributed by atoms with van der Waals surface area (Å²) in [5.74, 6) is 6.04. The molecule has 38 heavy (non-hydrogen) atoms. The molecular weight excluding hydrogens is 486 g/mol. The highest BCUT2D eigenvalue weighted by molar-refractivity contribution is 6.08. The summed E-state index contributed by atoms with van der Waals surface area (Å²) in [5.41, 5.74) is 6.37. The highest BCUT2D eigenvalue weighted by atomic mass is 16.5. The number of carbonyl (C=O) groups is 1. The summed E-state index contributed by atoms with van der Waals surface area (Å²) in [6, 6.07) is 7.39. The van der Waals surface area contributed by atoms with Crippen molar-refractivity contribution in [1.82, 2.24) is 23.7 Å². The number of carbonyl (C=O) groups excluding carboxylic acids is 1. The van der Waals surface area contributed by atoms with Crippen molar-refractivity contribution in [3.63, 3.8) is 0 Å². The summed E-state index contributed by atoms with van der Waals surface area (Å²) >= 11 is 0. The van der Waals surface area contributed by atoms with Gasteiger partial charge in [0.1, 0.15) is 22.7 Å². The van der Waals surface area contributed by atoms with E-state index in [1.165, 1.54) is 18.7 Å². The van der Waals surface area contributed by atoms with Crippen molar-refractivity contribution >= 4 is 33.7 Å². The monoisotopic (exact) mass is 515 g/mol. The van der Waals surface area contributed by atoms with Crippen LogP contribution in [0.15, 0.2) is 40.1 Å². The number of rotatable bonds is 5. The van der Waals surface area contributed by atoms with Gasteiger partial charge in [-0.1, -0.05) is 24.1 Å². The molecule has 0 spiro atoms. The predicted molar refractivity (Wildman–Crippen MR) is 144 cm³/mol. The summed E-state index contributed by atoms with van der Waals surface area (Å²) in [4.78, 5) is 51.6. The Morgan fingerprint density at radius 2 is 2.00 bits per heavy atom. The Bertz CT molecular complexity index is 1740. The van der Waals surface area contributed by atoms with Crippen molar-refractivity contribution in [2.24, 2.45) is 12.8 Å². The molecule has 4 heterocycles. The fraction of sp³-hybridized carbons (Fsp3) is 0.370. The standard InChI is InChI=1S/C27H29N7O4/c1-4-5-13-33-23-22(21(26(36)38-3)24(33)32-12-8-10-18(28)15-32)31(2)27(37)34(25(23)35)16-20-29-14-17-9-6-7-11-19(17)30-20/h6-7,9,11,14,18H,8,10,12-13,15-16,28H2,1-3H3/t18-/m1/s1. The Morgan fingerprint density at radius 1 is 1.21 bits per heavy atom. The molecule has 5 rings (SSSR count). The van der Waals surface area contributed by atoms with Crippen molar-refractivity contribution in [1.29, 1.82) is 0 Å². The zero-order valence-electron chi connectivity index (χ0n) is 21.6. The molecule has 0 bridgehead atoms. The maximum atomic E-state index is 14.0. The Balaban J connectivity index is 1.79. The van der Waals surface area contributed by atoms with Gasteiger partial charge in [-0.25, -0.2) is 19.6 Å². The van der Waals surface area contributed by atoms with Gasteiger partial charge in [0, 0.05) is 37.8 Å². The number of anilines is 1. The third-order valence-electron chi connectivity index (χ3n) is 6.91. The normalized spacial score (nSPS) is 15.5. The van der Waals surface area contributed by atoms with E-state index in [1.807, 2.05) is 29.2 Å². The van der Waals surface area contributed by atoms with Gasteiger partial charge in [0.15, 0.2) is 0 Å². The van der Waals surface area contributed by atoms with Gasteiger partial charge in [-0.2, -0.15) is 0 Å². The lowest BCUT2D eigenvalue weighted by Gasteiger charge is -2.33. The largest absolute Gasteiger partial charge is 0.465 e. The minimum Gasteiger partial charge on any atom is -0.465 e. The zero-order chi connectivity index (χ0) is 27.0. The lowest BCUT2D eigenvalue weighted by Crippen LogP contribution is -2.44. The third kappa shape index (κ3) is 4.22.